The molecule has 0 aromatic heterocycles. The molecule has 0 spiro atoms. The number of amides is 1. The minimum atomic E-state index is -0.502. The molecule has 0 radical (unpaired) electrons. The van der Waals surface area contributed by atoms with Gasteiger partial charge in [0.2, 0.25) is 0 Å². The van der Waals surface area contributed by atoms with Crippen molar-refractivity contribution >= 4 is 28.4 Å². The Morgan fingerprint density at radius 1 is 1.29 bits per heavy atom. The zero-order valence-electron chi connectivity index (χ0n) is 9.53. The van der Waals surface area contributed by atoms with E-state index in [9.17, 15) is 4.79 Å². The minimum absolute atomic E-state index is 0.00560. The molecule has 1 atom stereocenters. The molecular formula is C13H15ClN2O. The van der Waals surface area contributed by atoms with Crippen LogP contribution in [0.5, 0.6) is 0 Å². The van der Waals surface area contributed by atoms with Crippen molar-refractivity contribution in [2.24, 2.45) is 4.99 Å². The third-order valence-corrected chi connectivity index (χ3v) is 3.00. The number of hydrogen-bond donors (Lipinski definition) is 1. The van der Waals surface area contributed by atoms with Gasteiger partial charge in [-0.15, -0.1) is 0 Å². The smallest absolute Gasteiger partial charge is 0.314 e. The lowest BCUT2D eigenvalue weighted by atomic mass is 9.93. The van der Waals surface area contributed by atoms with Crippen molar-refractivity contribution in [1.82, 2.24) is 5.32 Å². The van der Waals surface area contributed by atoms with Crippen LogP contribution in [-0.2, 0) is 0 Å². The first kappa shape index (κ1) is 12.1. The Morgan fingerprint density at radius 3 is 2.76 bits per heavy atom. The first-order chi connectivity index (χ1) is 8.25. The molecule has 1 unspecified atom stereocenters. The number of para-hydroxylation sites is 1. The predicted octanol–water partition coefficient (Wildman–Crippen LogP) is 3.65. The number of halogens is 1. The normalized spacial score (nSPS) is 22.4. The van der Waals surface area contributed by atoms with Gasteiger partial charge in [-0.3, -0.25) is 9.79 Å². The second kappa shape index (κ2) is 5.82. The summed E-state index contributed by atoms with van der Waals surface area (Å²) >= 11 is 5.37. The number of nitrogens with zero attached hydrogens (tertiary/aromatic N) is 1. The Morgan fingerprint density at radius 2 is 2.06 bits per heavy atom. The molecule has 1 amide bonds. The van der Waals surface area contributed by atoms with E-state index in [4.69, 9.17) is 11.6 Å². The summed E-state index contributed by atoms with van der Waals surface area (Å²) in [6.07, 6.45) is 4.08. The minimum Gasteiger partial charge on any atom is -0.335 e. The van der Waals surface area contributed by atoms with Crippen molar-refractivity contribution in [2.75, 3.05) is 0 Å². The first-order valence-electron chi connectivity index (χ1n) is 5.84. The number of aliphatic imine (C=N–C) groups is 1. The van der Waals surface area contributed by atoms with Crippen LogP contribution in [0.4, 0.5) is 10.5 Å². The Kier molecular flexibility index (Phi) is 4.15. The van der Waals surface area contributed by atoms with Gasteiger partial charge < -0.3 is 5.32 Å². The van der Waals surface area contributed by atoms with Crippen LogP contribution in [0.15, 0.2) is 35.3 Å². The Labute approximate surface area is 106 Å². The lowest BCUT2D eigenvalue weighted by molar-refractivity contribution is 0.257. The lowest BCUT2D eigenvalue weighted by Crippen LogP contribution is -2.40. The van der Waals surface area contributed by atoms with Crippen LogP contribution < -0.4 is 5.32 Å². The van der Waals surface area contributed by atoms with Gasteiger partial charge in [-0.25, -0.2) is 0 Å². The molecule has 1 aliphatic rings. The van der Waals surface area contributed by atoms with Gasteiger partial charge in [-0.1, -0.05) is 24.6 Å². The van der Waals surface area contributed by atoms with Crippen LogP contribution in [0.1, 0.15) is 25.7 Å². The van der Waals surface area contributed by atoms with E-state index in [2.05, 4.69) is 10.3 Å². The fourth-order valence-corrected chi connectivity index (χ4v) is 2.22. The third-order valence-electron chi connectivity index (χ3n) is 2.89. The summed E-state index contributed by atoms with van der Waals surface area (Å²) in [7, 11) is 0. The predicted molar refractivity (Wildman–Crippen MR) is 70.2 cm³/mol. The lowest BCUT2D eigenvalue weighted by Gasteiger charge is -2.24. The van der Waals surface area contributed by atoms with Crippen molar-refractivity contribution in [2.45, 2.75) is 31.7 Å². The molecule has 0 heterocycles. The Bertz CT molecular complexity index is 417. The van der Waals surface area contributed by atoms with Crippen LogP contribution in [-0.4, -0.2) is 17.1 Å². The average Bonchev–Trinajstić information content (AvgIpc) is 2.32. The largest absolute Gasteiger partial charge is 0.335 e. The van der Waals surface area contributed by atoms with Gasteiger partial charge in [0, 0.05) is 5.71 Å². The molecule has 1 aliphatic carbocycles. The summed E-state index contributed by atoms with van der Waals surface area (Å²) < 4.78 is 0. The maximum atomic E-state index is 10.9. The van der Waals surface area contributed by atoms with Gasteiger partial charge >= 0.3 is 5.37 Å². The van der Waals surface area contributed by atoms with Crippen molar-refractivity contribution in [1.29, 1.82) is 0 Å². The maximum Gasteiger partial charge on any atom is 0.314 e. The Balaban J connectivity index is 2.16. The zero-order valence-corrected chi connectivity index (χ0v) is 10.3. The molecule has 1 aromatic carbocycles. The highest BCUT2D eigenvalue weighted by molar-refractivity contribution is 6.63. The van der Waals surface area contributed by atoms with E-state index >= 15 is 0 Å². The molecular weight excluding hydrogens is 236 g/mol. The highest BCUT2D eigenvalue weighted by atomic mass is 35.5. The van der Waals surface area contributed by atoms with Gasteiger partial charge in [0.05, 0.1) is 11.7 Å². The molecule has 2 rings (SSSR count). The molecule has 1 aromatic rings. The molecule has 17 heavy (non-hydrogen) atoms. The topological polar surface area (TPSA) is 41.5 Å². The zero-order chi connectivity index (χ0) is 12.1. The number of nitrogens with one attached hydrogen (secondary N) is 1. The van der Waals surface area contributed by atoms with Crippen LogP contribution >= 0.6 is 11.6 Å². The number of hydrogen-bond acceptors (Lipinski definition) is 2. The number of carbonyl (C=O) groups is 1. The van der Waals surface area contributed by atoms with Gasteiger partial charge in [0.15, 0.2) is 0 Å². The molecule has 90 valence electrons. The molecule has 3 nitrogen and oxygen atoms in total. The highest BCUT2D eigenvalue weighted by Gasteiger charge is 2.21. The monoisotopic (exact) mass is 250 g/mol. The van der Waals surface area contributed by atoms with Crippen molar-refractivity contribution < 1.29 is 4.79 Å². The number of carbonyl (C=O) groups excluding carboxylic acids is 1. The molecule has 0 bridgehead atoms. The van der Waals surface area contributed by atoms with Gasteiger partial charge in [0.25, 0.3) is 0 Å². The fourth-order valence-electron chi connectivity index (χ4n) is 2.09. The summed E-state index contributed by atoms with van der Waals surface area (Å²) in [5.74, 6) is 0. The number of benzene rings is 1. The quantitative estimate of drug-likeness (QED) is 0.632. The van der Waals surface area contributed by atoms with E-state index in [0.717, 1.165) is 37.1 Å². The average molecular weight is 251 g/mol. The summed E-state index contributed by atoms with van der Waals surface area (Å²) in [5.41, 5.74) is 1.95. The number of rotatable bonds is 2. The molecule has 1 saturated carbocycles. The second-order valence-electron chi connectivity index (χ2n) is 4.16. The maximum absolute atomic E-state index is 10.9. The van der Waals surface area contributed by atoms with E-state index in [1.54, 1.807) is 0 Å². The van der Waals surface area contributed by atoms with Crippen molar-refractivity contribution in [3.05, 3.63) is 30.3 Å². The van der Waals surface area contributed by atoms with Crippen LogP contribution in [0.3, 0.4) is 0 Å². The SMILES string of the molecule is O=C(Cl)NC1CCCCC1=Nc1ccccc1. The van der Waals surface area contributed by atoms with Crippen LogP contribution in [0.25, 0.3) is 0 Å². The molecule has 0 saturated heterocycles. The van der Waals surface area contributed by atoms with E-state index in [1.807, 2.05) is 30.3 Å². The van der Waals surface area contributed by atoms with Crippen LogP contribution in [0.2, 0.25) is 0 Å². The third kappa shape index (κ3) is 3.56. The second-order valence-corrected chi connectivity index (χ2v) is 4.50. The highest BCUT2D eigenvalue weighted by Crippen LogP contribution is 2.20. The molecule has 1 N–H and O–H groups in total. The van der Waals surface area contributed by atoms with E-state index < -0.39 is 5.37 Å². The van der Waals surface area contributed by atoms with Gasteiger partial charge in [-0.05, 0) is 43.0 Å². The van der Waals surface area contributed by atoms with Gasteiger partial charge in [0.1, 0.15) is 0 Å². The molecule has 0 aliphatic heterocycles. The molecule has 4 heteroatoms. The first-order valence-corrected chi connectivity index (χ1v) is 6.22. The van der Waals surface area contributed by atoms with Crippen molar-refractivity contribution in [3.8, 4) is 0 Å². The fraction of sp³-hybridized carbons (Fsp3) is 0.385. The van der Waals surface area contributed by atoms with Gasteiger partial charge in [-0.2, -0.15) is 0 Å². The Hall–Kier alpha value is -1.35. The standard InChI is InChI=1S/C13H15ClN2O/c14-13(17)16-12-9-5-4-8-11(12)15-10-6-2-1-3-7-10/h1-3,6-7,12H,4-5,8-9H2,(H,16,17). The summed E-state index contributed by atoms with van der Waals surface area (Å²) in [4.78, 5) is 15.5. The summed E-state index contributed by atoms with van der Waals surface area (Å²) in [5, 5.41) is 2.25. The van der Waals surface area contributed by atoms with Crippen LogP contribution in [0, 0.1) is 0 Å². The molecule has 1 fully saturated rings. The van der Waals surface area contributed by atoms with Crippen molar-refractivity contribution in [3.63, 3.8) is 0 Å². The summed E-state index contributed by atoms with van der Waals surface area (Å²) in [6, 6.07) is 9.79. The summed E-state index contributed by atoms with van der Waals surface area (Å²) in [6.45, 7) is 0. The van der Waals surface area contributed by atoms with E-state index in [1.165, 1.54) is 0 Å². The van der Waals surface area contributed by atoms with E-state index in [-0.39, 0.29) is 6.04 Å². The van der Waals surface area contributed by atoms with E-state index in [0.29, 0.717) is 0 Å².